The fourth-order valence-corrected chi connectivity index (χ4v) is 4.01. The zero-order chi connectivity index (χ0) is 17.1. The summed E-state index contributed by atoms with van der Waals surface area (Å²) in [5.74, 6) is 1.67. The molecule has 1 aliphatic rings. The maximum absolute atomic E-state index is 6.04. The van der Waals surface area contributed by atoms with E-state index in [2.05, 4.69) is 14.8 Å². The Morgan fingerprint density at radius 3 is 2.50 bits per heavy atom. The van der Waals surface area contributed by atoms with Gasteiger partial charge in [-0.05, 0) is 39.8 Å². The number of aliphatic imine (C=N–C) groups is 1. The molecule has 1 aliphatic heterocycles. The number of hydrogen-bond donors (Lipinski definition) is 0. The Labute approximate surface area is 149 Å². The molecule has 0 bridgehead atoms. The predicted octanol–water partition coefficient (Wildman–Crippen LogP) is 4.08. The van der Waals surface area contributed by atoms with Crippen molar-refractivity contribution in [3.63, 3.8) is 0 Å². The normalized spacial score (nSPS) is 15.5. The number of rotatable bonds is 1. The summed E-state index contributed by atoms with van der Waals surface area (Å²) in [7, 11) is 0. The molecule has 0 fully saturated rings. The van der Waals surface area contributed by atoms with E-state index in [1.807, 2.05) is 52.0 Å². The van der Waals surface area contributed by atoms with E-state index in [9.17, 15) is 0 Å². The van der Waals surface area contributed by atoms with Crippen LogP contribution in [0.1, 0.15) is 41.8 Å². The van der Waals surface area contributed by atoms with Crippen LogP contribution >= 0.6 is 22.9 Å². The SMILES string of the molecule is Cc1nc2c(s1)-n1c(C)nnc1C(C)(C)N=C2c1ccc(Cl)cc1. The van der Waals surface area contributed by atoms with Crippen molar-refractivity contribution in [3.05, 3.63) is 57.2 Å². The van der Waals surface area contributed by atoms with Gasteiger partial charge in [0.1, 0.15) is 22.1 Å². The highest BCUT2D eigenvalue weighted by Gasteiger charge is 2.35. The van der Waals surface area contributed by atoms with Crippen LogP contribution in [0.15, 0.2) is 29.3 Å². The fourth-order valence-electron chi connectivity index (χ4n) is 2.92. The van der Waals surface area contributed by atoms with Crippen LogP contribution in [0.3, 0.4) is 0 Å². The third-order valence-electron chi connectivity index (χ3n) is 4.02. The van der Waals surface area contributed by atoms with Crippen LogP contribution in [0.5, 0.6) is 0 Å². The Balaban J connectivity index is 2.05. The monoisotopic (exact) mass is 357 g/mol. The summed E-state index contributed by atoms with van der Waals surface area (Å²) in [5, 5.41) is 11.3. The summed E-state index contributed by atoms with van der Waals surface area (Å²) < 4.78 is 2.08. The summed E-state index contributed by atoms with van der Waals surface area (Å²) in [6, 6.07) is 7.72. The van der Waals surface area contributed by atoms with E-state index in [1.165, 1.54) is 0 Å². The highest BCUT2D eigenvalue weighted by molar-refractivity contribution is 7.14. The minimum Gasteiger partial charge on any atom is -0.270 e. The molecule has 3 aromatic rings. The number of fused-ring (bicyclic) bond motifs is 3. The minimum absolute atomic E-state index is 0.509. The summed E-state index contributed by atoms with van der Waals surface area (Å²) >= 11 is 7.68. The van der Waals surface area contributed by atoms with E-state index in [4.69, 9.17) is 21.6 Å². The molecular weight excluding hydrogens is 342 g/mol. The molecule has 0 aliphatic carbocycles. The number of benzene rings is 1. The van der Waals surface area contributed by atoms with Crippen LogP contribution in [0, 0.1) is 13.8 Å². The van der Waals surface area contributed by atoms with Gasteiger partial charge in [0.2, 0.25) is 0 Å². The number of halogens is 1. The molecule has 122 valence electrons. The number of hydrogen-bond acceptors (Lipinski definition) is 5. The lowest BCUT2D eigenvalue weighted by Gasteiger charge is -2.18. The Morgan fingerprint density at radius 1 is 1.08 bits per heavy atom. The third kappa shape index (κ3) is 2.29. The van der Waals surface area contributed by atoms with Crippen LogP contribution in [0.4, 0.5) is 0 Å². The zero-order valence-electron chi connectivity index (χ0n) is 13.8. The molecule has 5 nitrogen and oxygen atoms in total. The van der Waals surface area contributed by atoms with E-state index in [1.54, 1.807) is 11.3 Å². The summed E-state index contributed by atoms with van der Waals surface area (Å²) in [6.07, 6.45) is 0. The van der Waals surface area contributed by atoms with Gasteiger partial charge in [-0.2, -0.15) is 0 Å². The minimum atomic E-state index is -0.509. The molecule has 0 atom stereocenters. The first-order chi connectivity index (χ1) is 11.4. The largest absolute Gasteiger partial charge is 0.270 e. The molecule has 7 heteroatoms. The van der Waals surface area contributed by atoms with E-state index in [0.717, 1.165) is 38.6 Å². The molecule has 0 spiro atoms. The van der Waals surface area contributed by atoms with Crippen molar-refractivity contribution in [2.45, 2.75) is 33.2 Å². The first kappa shape index (κ1) is 15.5. The van der Waals surface area contributed by atoms with Gasteiger partial charge in [0.05, 0.1) is 10.7 Å². The van der Waals surface area contributed by atoms with Crippen LogP contribution in [0.25, 0.3) is 5.00 Å². The number of thiazole rings is 1. The molecular formula is C17H16ClN5S. The first-order valence-corrected chi connectivity index (χ1v) is 8.83. The van der Waals surface area contributed by atoms with Crippen molar-refractivity contribution in [3.8, 4) is 5.00 Å². The van der Waals surface area contributed by atoms with E-state index in [-0.39, 0.29) is 0 Å². The second-order valence-corrected chi connectivity index (χ2v) is 7.94. The van der Waals surface area contributed by atoms with Gasteiger partial charge in [-0.1, -0.05) is 23.7 Å². The van der Waals surface area contributed by atoms with Gasteiger partial charge in [0.25, 0.3) is 0 Å². The molecule has 24 heavy (non-hydrogen) atoms. The van der Waals surface area contributed by atoms with Crippen LogP contribution in [-0.4, -0.2) is 25.5 Å². The van der Waals surface area contributed by atoms with Crippen LogP contribution < -0.4 is 0 Å². The molecule has 0 radical (unpaired) electrons. The average Bonchev–Trinajstić information content (AvgIpc) is 3.06. The highest BCUT2D eigenvalue weighted by atomic mass is 35.5. The maximum atomic E-state index is 6.04. The zero-order valence-corrected chi connectivity index (χ0v) is 15.4. The molecule has 0 saturated heterocycles. The Kier molecular flexibility index (Phi) is 3.37. The summed E-state index contributed by atoms with van der Waals surface area (Å²) in [4.78, 5) is 9.77. The van der Waals surface area contributed by atoms with Crippen molar-refractivity contribution in [2.75, 3.05) is 0 Å². The van der Waals surface area contributed by atoms with Gasteiger partial charge in [-0.3, -0.25) is 9.56 Å². The average molecular weight is 358 g/mol. The molecule has 0 amide bonds. The van der Waals surface area contributed by atoms with Crippen LogP contribution in [0.2, 0.25) is 5.02 Å². The smallest absolute Gasteiger partial charge is 0.165 e. The van der Waals surface area contributed by atoms with Crippen molar-refractivity contribution in [2.24, 2.45) is 4.99 Å². The van der Waals surface area contributed by atoms with Gasteiger partial charge in [-0.15, -0.1) is 21.5 Å². The van der Waals surface area contributed by atoms with Gasteiger partial charge in [0.15, 0.2) is 5.82 Å². The third-order valence-corrected chi connectivity index (χ3v) is 5.23. The predicted molar refractivity (Wildman–Crippen MR) is 96.6 cm³/mol. The standard InChI is InChI=1S/C17H16ClN5S/c1-9-21-22-16-17(3,4)20-13(11-5-7-12(18)8-6-11)14-15(23(9)16)24-10(2)19-14/h5-8H,1-4H3. The van der Waals surface area contributed by atoms with Gasteiger partial charge < -0.3 is 0 Å². The molecule has 3 heterocycles. The molecule has 4 rings (SSSR count). The highest BCUT2D eigenvalue weighted by Crippen LogP contribution is 2.36. The quantitative estimate of drug-likeness (QED) is 0.659. The molecule has 0 N–H and O–H groups in total. The lowest BCUT2D eigenvalue weighted by molar-refractivity contribution is 0.510. The van der Waals surface area contributed by atoms with Crippen molar-refractivity contribution < 1.29 is 0 Å². The van der Waals surface area contributed by atoms with Gasteiger partial charge in [0, 0.05) is 10.6 Å². The van der Waals surface area contributed by atoms with E-state index in [0.29, 0.717) is 5.02 Å². The maximum Gasteiger partial charge on any atom is 0.165 e. The summed E-state index contributed by atoms with van der Waals surface area (Å²) in [5.41, 5.74) is 2.22. The molecule has 0 saturated carbocycles. The van der Waals surface area contributed by atoms with Gasteiger partial charge in [-0.25, -0.2) is 4.98 Å². The molecule has 1 aromatic carbocycles. The van der Waals surface area contributed by atoms with E-state index < -0.39 is 5.54 Å². The second kappa shape index (κ2) is 5.22. The molecule has 0 unspecified atom stereocenters. The van der Waals surface area contributed by atoms with Crippen molar-refractivity contribution in [1.29, 1.82) is 0 Å². The first-order valence-electron chi connectivity index (χ1n) is 7.63. The lowest BCUT2D eigenvalue weighted by atomic mass is 10.0. The Morgan fingerprint density at radius 2 is 1.79 bits per heavy atom. The van der Waals surface area contributed by atoms with Crippen molar-refractivity contribution in [1.82, 2.24) is 19.7 Å². The fraction of sp³-hybridized carbons (Fsp3) is 0.294. The summed E-state index contributed by atoms with van der Waals surface area (Å²) in [6.45, 7) is 8.06. The van der Waals surface area contributed by atoms with Crippen LogP contribution in [-0.2, 0) is 5.54 Å². The van der Waals surface area contributed by atoms with Gasteiger partial charge >= 0.3 is 0 Å². The second-order valence-electron chi connectivity index (χ2n) is 6.32. The Hall–Kier alpha value is -2.05. The number of aryl methyl sites for hydroxylation is 2. The topological polar surface area (TPSA) is 56.0 Å². The Bertz CT molecular complexity index is 966. The lowest BCUT2D eigenvalue weighted by Crippen LogP contribution is -2.20. The van der Waals surface area contributed by atoms with E-state index >= 15 is 0 Å². The molecule has 2 aromatic heterocycles. The number of nitrogens with zero attached hydrogens (tertiary/aromatic N) is 5. The van der Waals surface area contributed by atoms with Crippen molar-refractivity contribution >= 4 is 28.6 Å². The number of aromatic nitrogens is 4.